The van der Waals surface area contributed by atoms with E-state index in [9.17, 15) is 9.59 Å². The third kappa shape index (κ3) is 2.30. The number of urea groups is 1. The molecule has 1 aliphatic heterocycles. The molecule has 2 rings (SSSR count). The zero-order valence-corrected chi connectivity index (χ0v) is 10.2. The Kier molecular flexibility index (Phi) is 3.13. The molecule has 0 saturated carbocycles. The Morgan fingerprint density at radius 1 is 1.29 bits per heavy atom. The topological polar surface area (TPSA) is 58.6 Å². The van der Waals surface area contributed by atoms with Crippen LogP contribution >= 0.6 is 23.2 Å². The van der Waals surface area contributed by atoms with Crippen molar-refractivity contribution in [1.29, 1.82) is 0 Å². The second-order valence-electron chi connectivity index (χ2n) is 3.47. The Balaban J connectivity index is 2.30. The summed E-state index contributed by atoms with van der Waals surface area (Å²) in [4.78, 5) is 27.8. The molecule has 2 amide bonds. The number of carbonyl (C=O) groups is 2. The van der Waals surface area contributed by atoms with Crippen molar-refractivity contribution in [2.75, 3.05) is 5.06 Å². The summed E-state index contributed by atoms with van der Waals surface area (Å²) in [6.07, 6.45) is 0. The summed E-state index contributed by atoms with van der Waals surface area (Å²) in [5.74, 6) is -0.546. The van der Waals surface area contributed by atoms with Crippen LogP contribution in [0.15, 0.2) is 18.2 Å². The van der Waals surface area contributed by atoms with Gasteiger partial charge in [-0.1, -0.05) is 23.2 Å². The molecule has 0 unspecified atom stereocenters. The van der Waals surface area contributed by atoms with E-state index >= 15 is 0 Å². The van der Waals surface area contributed by atoms with Gasteiger partial charge in [-0.05, 0) is 25.1 Å². The highest BCUT2D eigenvalue weighted by Gasteiger charge is 2.32. The van der Waals surface area contributed by atoms with E-state index in [0.29, 0.717) is 10.7 Å². The first-order valence-electron chi connectivity index (χ1n) is 4.76. The zero-order chi connectivity index (χ0) is 12.6. The van der Waals surface area contributed by atoms with Gasteiger partial charge in [0, 0.05) is 0 Å². The quantitative estimate of drug-likeness (QED) is 0.855. The fraction of sp³-hybridized carbons (Fsp3) is 0.200. The van der Waals surface area contributed by atoms with Crippen molar-refractivity contribution in [3.05, 3.63) is 28.2 Å². The number of hydroxylamine groups is 1. The lowest BCUT2D eigenvalue weighted by molar-refractivity contribution is -0.147. The second-order valence-corrected chi connectivity index (χ2v) is 4.29. The Labute approximate surface area is 107 Å². The van der Waals surface area contributed by atoms with Crippen LogP contribution in [0, 0.1) is 0 Å². The molecule has 1 saturated heterocycles. The van der Waals surface area contributed by atoms with Crippen LogP contribution in [0.3, 0.4) is 0 Å². The van der Waals surface area contributed by atoms with Crippen LogP contribution in [0.25, 0.3) is 0 Å². The highest BCUT2D eigenvalue weighted by Crippen LogP contribution is 2.28. The van der Waals surface area contributed by atoms with Gasteiger partial charge in [0.15, 0.2) is 0 Å². The minimum atomic E-state index is -0.665. The summed E-state index contributed by atoms with van der Waals surface area (Å²) in [5, 5.41) is 3.91. The predicted octanol–water partition coefficient (Wildman–Crippen LogP) is 2.37. The number of anilines is 1. The first-order valence-corrected chi connectivity index (χ1v) is 5.52. The van der Waals surface area contributed by atoms with Crippen molar-refractivity contribution in [2.24, 2.45) is 0 Å². The number of benzene rings is 1. The molecule has 1 aliphatic rings. The predicted molar refractivity (Wildman–Crippen MR) is 63.0 cm³/mol. The Bertz CT molecular complexity index is 492. The molecule has 7 heteroatoms. The molecule has 1 N–H and O–H groups in total. The van der Waals surface area contributed by atoms with E-state index in [1.165, 1.54) is 25.1 Å². The van der Waals surface area contributed by atoms with E-state index < -0.39 is 18.0 Å². The van der Waals surface area contributed by atoms with Gasteiger partial charge >= 0.3 is 12.0 Å². The lowest BCUT2D eigenvalue weighted by atomic mass is 10.3. The Morgan fingerprint density at radius 3 is 2.65 bits per heavy atom. The smallest absolute Gasteiger partial charge is 0.329 e. The van der Waals surface area contributed by atoms with Crippen LogP contribution in [0.1, 0.15) is 6.92 Å². The summed E-state index contributed by atoms with van der Waals surface area (Å²) in [7, 11) is 0. The number of rotatable bonds is 1. The molecule has 0 aromatic heterocycles. The molecule has 0 bridgehead atoms. The molecule has 1 fully saturated rings. The molecule has 90 valence electrons. The maximum absolute atomic E-state index is 11.6. The van der Waals surface area contributed by atoms with Crippen molar-refractivity contribution >= 4 is 40.9 Å². The van der Waals surface area contributed by atoms with Crippen LogP contribution in [0.2, 0.25) is 10.0 Å². The first kappa shape index (κ1) is 12.0. The van der Waals surface area contributed by atoms with Gasteiger partial charge in [-0.3, -0.25) is 0 Å². The van der Waals surface area contributed by atoms with Crippen LogP contribution < -0.4 is 10.4 Å². The zero-order valence-electron chi connectivity index (χ0n) is 8.74. The van der Waals surface area contributed by atoms with Gasteiger partial charge in [0.25, 0.3) is 0 Å². The van der Waals surface area contributed by atoms with Gasteiger partial charge in [-0.25, -0.2) is 9.59 Å². The van der Waals surface area contributed by atoms with Gasteiger partial charge in [-0.2, -0.15) is 0 Å². The summed E-state index contributed by atoms with van der Waals surface area (Å²) >= 11 is 11.6. The summed E-state index contributed by atoms with van der Waals surface area (Å²) in [5.41, 5.74) is 0.331. The van der Waals surface area contributed by atoms with Gasteiger partial charge in [0.05, 0.1) is 15.7 Å². The SMILES string of the molecule is C[C@@H]1NC(=O)N(c2ccc(Cl)c(Cl)c2)OC1=O. The molecule has 1 aromatic rings. The van der Waals surface area contributed by atoms with Gasteiger partial charge in [0.2, 0.25) is 0 Å². The van der Waals surface area contributed by atoms with E-state index in [-0.39, 0.29) is 5.02 Å². The molecular formula is C10H8Cl2N2O3. The van der Waals surface area contributed by atoms with E-state index in [4.69, 9.17) is 28.0 Å². The average molecular weight is 275 g/mol. The highest BCUT2D eigenvalue weighted by atomic mass is 35.5. The standard InChI is InChI=1S/C10H8Cl2N2O3/c1-5-9(15)17-14(10(16)13-5)6-2-3-7(11)8(12)4-6/h2-5H,1H3,(H,13,16)/t5-/m0/s1. The van der Waals surface area contributed by atoms with Crippen LogP contribution in [0.4, 0.5) is 10.5 Å². The lowest BCUT2D eigenvalue weighted by Gasteiger charge is -2.28. The maximum atomic E-state index is 11.6. The van der Waals surface area contributed by atoms with Crippen LogP contribution in [0.5, 0.6) is 0 Å². The molecular weight excluding hydrogens is 267 g/mol. The molecule has 1 heterocycles. The number of hydrogen-bond donors (Lipinski definition) is 1. The number of amides is 2. The fourth-order valence-electron chi connectivity index (χ4n) is 1.29. The lowest BCUT2D eigenvalue weighted by Crippen LogP contribution is -2.55. The van der Waals surface area contributed by atoms with Crippen molar-refractivity contribution in [3.63, 3.8) is 0 Å². The van der Waals surface area contributed by atoms with Gasteiger partial charge < -0.3 is 10.2 Å². The van der Waals surface area contributed by atoms with E-state index in [2.05, 4.69) is 5.32 Å². The summed E-state index contributed by atoms with van der Waals surface area (Å²) in [6.45, 7) is 1.53. The molecule has 0 spiro atoms. The summed E-state index contributed by atoms with van der Waals surface area (Å²) in [6, 6.07) is 3.28. The number of nitrogens with zero attached hydrogens (tertiary/aromatic N) is 1. The van der Waals surface area contributed by atoms with Gasteiger partial charge in [0.1, 0.15) is 6.04 Å². The van der Waals surface area contributed by atoms with Crippen LogP contribution in [-0.4, -0.2) is 18.0 Å². The largest absolute Gasteiger partial charge is 0.356 e. The molecule has 5 nitrogen and oxygen atoms in total. The summed E-state index contributed by atoms with van der Waals surface area (Å²) < 4.78 is 0. The number of halogens is 2. The van der Waals surface area contributed by atoms with Crippen molar-refractivity contribution in [2.45, 2.75) is 13.0 Å². The molecule has 1 atom stereocenters. The van der Waals surface area contributed by atoms with Crippen molar-refractivity contribution in [3.8, 4) is 0 Å². The number of carbonyl (C=O) groups excluding carboxylic acids is 2. The van der Waals surface area contributed by atoms with E-state index in [1.54, 1.807) is 0 Å². The maximum Gasteiger partial charge on any atom is 0.356 e. The third-order valence-electron chi connectivity index (χ3n) is 2.20. The molecule has 1 aromatic carbocycles. The Morgan fingerprint density at radius 2 is 2.00 bits per heavy atom. The average Bonchev–Trinajstić information content (AvgIpc) is 2.27. The van der Waals surface area contributed by atoms with E-state index in [1.807, 2.05) is 0 Å². The van der Waals surface area contributed by atoms with E-state index in [0.717, 1.165) is 5.06 Å². The minimum absolute atomic E-state index is 0.270. The first-order chi connectivity index (χ1) is 7.99. The number of nitrogens with one attached hydrogen (secondary N) is 1. The molecule has 17 heavy (non-hydrogen) atoms. The molecule has 0 radical (unpaired) electrons. The monoisotopic (exact) mass is 274 g/mol. The molecule has 0 aliphatic carbocycles. The van der Waals surface area contributed by atoms with Crippen LogP contribution in [-0.2, 0) is 9.63 Å². The Hall–Kier alpha value is -1.46. The number of hydrogen-bond acceptors (Lipinski definition) is 3. The second kappa shape index (κ2) is 4.43. The van der Waals surface area contributed by atoms with Gasteiger partial charge in [-0.15, -0.1) is 5.06 Å². The van der Waals surface area contributed by atoms with Crippen molar-refractivity contribution in [1.82, 2.24) is 5.32 Å². The normalized spacial score (nSPS) is 19.9. The highest BCUT2D eigenvalue weighted by molar-refractivity contribution is 6.42. The third-order valence-corrected chi connectivity index (χ3v) is 2.94. The minimum Gasteiger partial charge on any atom is -0.329 e. The fourth-order valence-corrected chi connectivity index (χ4v) is 1.59. The van der Waals surface area contributed by atoms with Crippen molar-refractivity contribution < 1.29 is 14.4 Å².